The molecule has 0 aliphatic rings. The van der Waals surface area contributed by atoms with Crippen molar-refractivity contribution >= 4 is 15.9 Å². The van der Waals surface area contributed by atoms with Crippen LogP contribution in [0.15, 0.2) is 40.9 Å². The monoisotopic (exact) mass is 335 g/mol. The summed E-state index contributed by atoms with van der Waals surface area (Å²) < 4.78 is 20.0. The largest absolute Gasteiger partial charge is 0.487 e. The molecule has 102 valence electrons. The van der Waals surface area contributed by atoms with Gasteiger partial charge in [0.05, 0.1) is 22.7 Å². The predicted octanol–water partition coefficient (Wildman–Crippen LogP) is 3.53. The topological polar surface area (TPSA) is 53.2 Å². The van der Waals surface area contributed by atoms with Crippen molar-refractivity contribution in [2.45, 2.75) is 13.2 Å². The average molecular weight is 336 g/mol. The first-order valence-corrected chi connectivity index (χ1v) is 6.64. The van der Waals surface area contributed by atoms with Crippen LogP contribution in [-0.4, -0.2) is 5.11 Å². The van der Waals surface area contributed by atoms with E-state index < -0.39 is 5.82 Å². The zero-order chi connectivity index (χ0) is 14.5. The Balaban J connectivity index is 2.19. The van der Waals surface area contributed by atoms with Crippen molar-refractivity contribution in [2.24, 2.45) is 0 Å². The highest BCUT2D eigenvalue weighted by atomic mass is 79.9. The first-order chi connectivity index (χ1) is 9.65. The van der Waals surface area contributed by atoms with Gasteiger partial charge >= 0.3 is 0 Å². The van der Waals surface area contributed by atoms with E-state index in [4.69, 9.17) is 10.00 Å². The number of halogens is 2. The first-order valence-electron chi connectivity index (χ1n) is 5.85. The van der Waals surface area contributed by atoms with Crippen molar-refractivity contribution in [1.29, 1.82) is 5.26 Å². The Morgan fingerprint density at radius 2 is 2.05 bits per heavy atom. The number of aliphatic hydroxyl groups is 1. The van der Waals surface area contributed by atoms with Gasteiger partial charge in [0.15, 0.2) is 0 Å². The minimum absolute atomic E-state index is 0.0210. The smallest absolute Gasteiger partial charge is 0.139 e. The van der Waals surface area contributed by atoms with E-state index in [1.54, 1.807) is 18.2 Å². The molecule has 0 aromatic heterocycles. The van der Waals surface area contributed by atoms with Crippen molar-refractivity contribution in [3.05, 3.63) is 63.4 Å². The fourth-order valence-electron chi connectivity index (χ4n) is 1.72. The Morgan fingerprint density at radius 1 is 1.25 bits per heavy atom. The lowest BCUT2D eigenvalue weighted by atomic mass is 10.1. The average Bonchev–Trinajstić information content (AvgIpc) is 2.46. The zero-order valence-corrected chi connectivity index (χ0v) is 12.0. The lowest BCUT2D eigenvalue weighted by Crippen LogP contribution is -2.02. The molecule has 0 amide bonds. The molecule has 2 aromatic carbocycles. The summed E-state index contributed by atoms with van der Waals surface area (Å²) in [5.74, 6) is 0.000381. The maximum atomic E-state index is 13.7. The van der Waals surface area contributed by atoms with E-state index >= 15 is 0 Å². The lowest BCUT2D eigenvalue weighted by molar-refractivity contribution is 0.256. The number of nitriles is 1. The second-order valence-electron chi connectivity index (χ2n) is 4.09. The highest BCUT2D eigenvalue weighted by Crippen LogP contribution is 2.30. The van der Waals surface area contributed by atoms with Crippen LogP contribution in [0.3, 0.4) is 0 Å². The number of para-hydroxylation sites is 1. The molecule has 0 atom stereocenters. The van der Waals surface area contributed by atoms with Gasteiger partial charge in [-0.05, 0) is 34.1 Å². The summed E-state index contributed by atoms with van der Waals surface area (Å²) in [5.41, 5.74) is 1.24. The molecule has 5 heteroatoms. The molecule has 0 bridgehead atoms. The zero-order valence-electron chi connectivity index (χ0n) is 10.4. The number of ether oxygens (including phenoxy) is 1. The summed E-state index contributed by atoms with van der Waals surface area (Å²) in [6.07, 6.45) is 0. The molecule has 0 fully saturated rings. The molecule has 0 radical (unpaired) electrons. The molecular formula is C15H11BrFNO2. The number of rotatable bonds is 4. The van der Waals surface area contributed by atoms with Gasteiger partial charge in [0.1, 0.15) is 18.2 Å². The van der Waals surface area contributed by atoms with Crippen molar-refractivity contribution in [2.75, 3.05) is 0 Å². The van der Waals surface area contributed by atoms with Gasteiger partial charge < -0.3 is 9.84 Å². The second-order valence-corrected chi connectivity index (χ2v) is 4.95. The van der Waals surface area contributed by atoms with Crippen molar-refractivity contribution in [3.63, 3.8) is 0 Å². The van der Waals surface area contributed by atoms with E-state index in [1.165, 1.54) is 18.2 Å². The van der Waals surface area contributed by atoms with Crippen LogP contribution in [0.2, 0.25) is 0 Å². The Bertz CT molecular complexity index is 667. The van der Waals surface area contributed by atoms with E-state index in [1.807, 2.05) is 6.07 Å². The molecule has 2 rings (SSSR count). The summed E-state index contributed by atoms with van der Waals surface area (Å²) in [7, 11) is 0. The van der Waals surface area contributed by atoms with Crippen LogP contribution in [0.4, 0.5) is 4.39 Å². The van der Waals surface area contributed by atoms with Crippen LogP contribution in [0.1, 0.15) is 16.7 Å². The molecule has 0 unspecified atom stereocenters. The van der Waals surface area contributed by atoms with E-state index in [-0.39, 0.29) is 18.8 Å². The molecule has 0 aliphatic carbocycles. The Kier molecular flexibility index (Phi) is 4.72. The number of benzene rings is 2. The van der Waals surface area contributed by atoms with Gasteiger partial charge in [-0.1, -0.05) is 18.2 Å². The van der Waals surface area contributed by atoms with E-state index in [2.05, 4.69) is 15.9 Å². The van der Waals surface area contributed by atoms with E-state index in [0.717, 1.165) is 0 Å². The normalized spacial score (nSPS) is 10.1. The Labute approximate surface area is 124 Å². The maximum absolute atomic E-state index is 13.7. The predicted molar refractivity (Wildman–Crippen MR) is 75.5 cm³/mol. The van der Waals surface area contributed by atoms with Crippen LogP contribution in [-0.2, 0) is 13.2 Å². The van der Waals surface area contributed by atoms with Gasteiger partial charge in [0.25, 0.3) is 0 Å². The van der Waals surface area contributed by atoms with Crippen LogP contribution in [0, 0.1) is 17.1 Å². The summed E-state index contributed by atoms with van der Waals surface area (Å²) in [6, 6.07) is 11.4. The number of hydrogen-bond donors (Lipinski definition) is 1. The molecular weight excluding hydrogens is 325 g/mol. The second kappa shape index (κ2) is 6.51. The summed E-state index contributed by atoms with van der Waals surface area (Å²) in [6.45, 7) is -0.141. The third-order valence-corrected chi connectivity index (χ3v) is 3.40. The molecule has 0 saturated heterocycles. The molecule has 20 heavy (non-hydrogen) atoms. The maximum Gasteiger partial charge on any atom is 0.139 e. The minimum atomic E-state index is -0.485. The van der Waals surface area contributed by atoms with Crippen LogP contribution < -0.4 is 4.74 Å². The van der Waals surface area contributed by atoms with Gasteiger partial charge in [-0.25, -0.2) is 4.39 Å². The summed E-state index contributed by atoms with van der Waals surface area (Å²) in [5, 5.41) is 17.9. The molecule has 0 heterocycles. The van der Waals surface area contributed by atoms with Gasteiger partial charge in [0.2, 0.25) is 0 Å². The van der Waals surface area contributed by atoms with Gasteiger partial charge in [0, 0.05) is 11.1 Å². The summed E-state index contributed by atoms with van der Waals surface area (Å²) >= 11 is 3.33. The van der Waals surface area contributed by atoms with Gasteiger partial charge in [-0.2, -0.15) is 5.26 Å². The lowest BCUT2D eigenvalue weighted by Gasteiger charge is -2.12. The Morgan fingerprint density at radius 3 is 2.70 bits per heavy atom. The van der Waals surface area contributed by atoms with Crippen LogP contribution in [0.25, 0.3) is 0 Å². The minimum Gasteiger partial charge on any atom is -0.487 e. The van der Waals surface area contributed by atoms with Crippen LogP contribution >= 0.6 is 15.9 Å². The fraction of sp³-hybridized carbons (Fsp3) is 0.133. The quantitative estimate of drug-likeness (QED) is 0.929. The molecule has 3 nitrogen and oxygen atoms in total. The van der Waals surface area contributed by atoms with Crippen molar-refractivity contribution in [1.82, 2.24) is 0 Å². The number of hydrogen-bond acceptors (Lipinski definition) is 3. The highest BCUT2D eigenvalue weighted by molar-refractivity contribution is 9.10. The van der Waals surface area contributed by atoms with Crippen molar-refractivity contribution in [3.8, 4) is 11.8 Å². The van der Waals surface area contributed by atoms with Gasteiger partial charge in [-0.15, -0.1) is 0 Å². The van der Waals surface area contributed by atoms with Gasteiger partial charge in [-0.3, -0.25) is 0 Å². The summed E-state index contributed by atoms with van der Waals surface area (Å²) in [4.78, 5) is 0. The van der Waals surface area contributed by atoms with E-state index in [9.17, 15) is 9.50 Å². The van der Waals surface area contributed by atoms with E-state index in [0.29, 0.717) is 21.3 Å². The number of aliphatic hydroxyl groups excluding tert-OH is 1. The Hall–Kier alpha value is -1.90. The molecule has 0 spiro atoms. The van der Waals surface area contributed by atoms with Crippen molar-refractivity contribution < 1.29 is 14.2 Å². The third-order valence-electron chi connectivity index (χ3n) is 2.77. The molecule has 1 N–H and O–H groups in total. The number of nitrogens with zero attached hydrogens (tertiary/aromatic N) is 1. The highest BCUT2D eigenvalue weighted by Gasteiger charge is 2.10. The molecule has 0 saturated carbocycles. The third kappa shape index (κ3) is 3.16. The SMILES string of the molecule is N#Cc1ccc(COc2c(Br)cccc2CO)c(F)c1. The fourth-order valence-corrected chi connectivity index (χ4v) is 2.25. The first kappa shape index (κ1) is 14.5. The molecule has 0 aliphatic heterocycles. The molecule has 2 aromatic rings. The van der Waals surface area contributed by atoms with Crippen LogP contribution in [0.5, 0.6) is 5.75 Å². The standard InChI is InChI=1S/C15H11BrFNO2/c16-13-3-1-2-11(8-19)15(13)20-9-12-5-4-10(7-18)6-14(12)17/h1-6,19H,8-9H2.